The van der Waals surface area contributed by atoms with E-state index in [4.69, 9.17) is 9.90 Å². The minimum Gasteiger partial charge on any atom is -0.483 e. The molecule has 0 radical (unpaired) electrons. The number of fused-ring (bicyclic) bond motifs is 3. The number of amides is 1. The van der Waals surface area contributed by atoms with Crippen molar-refractivity contribution >= 4 is 12.4 Å². The average molecular weight is 294 g/mol. The molecular weight excluding hydrogens is 275 g/mol. The fraction of sp³-hybridized carbons (Fsp3) is 0.467. The molecule has 0 bridgehead atoms. The van der Waals surface area contributed by atoms with Crippen LogP contribution in [0.2, 0.25) is 0 Å². The SMILES string of the molecule is CC(=O)N[C@@H]1c2cccc(F)c2[C@@H]2CN(C)C[C@H]12.O=CO. The maximum atomic E-state index is 14.0. The van der Waals surface area contributed by atoms with E-state index in [-0.39, 0.29) is 30.2 Å². The molecule has 1 amide bonds. The number of carbonyl (C=O) groups is 2. The molecule has 6 heteroatoms. The number of halogens is 1. The average Bonchev–Trinajstić information content (AvgIpc) is 2.88. The lowest BCUT2D eigenvalue weighted by molar-refractivity contribution is -0.123. The summed E-state index contributed by atoms with van der Waals surface area (Å²) in [4.78, 5) is 21.9. The Morgan fingerprint density at radius 1 is 1.48 bits per heavy atom. The van der Waals surface area contributed by atoms with Gasteiger partial charge in [-0.25, -0.2) is 4.39 Å². The monoisotopic (exact) mass is 294 g/mol. The fourth-order valence-corrected chi connectivity index (χ4v) is 3.53. The van der Waals surface area contributed by atoms with E-state index in [0.717, 1.165) is 24.2 Å². The number of carboxylic acid groups (broad SMARTS) is 1. The van der Waals surface area contributed by atoms with Crippen LogP contribution in [0.15, 0.2) is 18.2 Å². The summed E-state index contributed by atoms with van der Waals surface area (Å²) in [6.07, 6.45) is 0. The van der Waals surface area contributed by atoms with Crippen molar-refractivity contribution in [3.05, 3.63) is 35.1 Å². The highest BCUT2D eigenvalue weighted by Crippen LogP contribution is 2.49. The Labute approximate surface area is 122 Å². The molecule has 114 valence electrons. The van der Waals surface area contributed by atoms with Crippen LogP contribution in [0.1, 0.15) is 30.0 Å². The van der Waals surface area contributed by atoms with Crippen LogP contribution in [0.5, 0.6) is 0 Å². The Bertz CT molecular complexity index is 550. The zero-order valence-electron chi connectivity index (χ0n) is 12.0. The van der Waals surface area contributed by atoms with E-state index in [9.17, 15) is 9.18 Å². The van der Waals surface area contributed by atoms with Gasteiger partial charge in [0.25, 0.3) is 6.47 Å². The Balaban J connectivity index is 0.000000497. The van der Waals surface area contributed by atoms with Crippen LogP contribution < -0.4 is 5.32 Å². The Hall–Kier alpha value is -1.95. The summed E-state index contributed by atoms with van der Waals surface area (Å²) in [6, 6.07) is 5.15. The van der Waals surface area contributed by atoms with Gasteiger partial charge in [-0.05, 0) is 24.2 Å². The second-order valence-corrected chi connectivity index (χ2v) is 5.52. The highest BCUT2D eigenvalue weighted by atomic mass is 19.1. The summed E-state index contributed by atoms with van der Waals surface area (Å²) < 4.78 is 14.0. The van der Waals surface area contributed by atoms with Gasteiger partial charge in [-0.2, -0.15) is 0 Å². The molecule has 2 N–H and O–H groups in total. The van der Waals surface area contributed by atoms with Gasteiger partial charge < -0.3 is 15.3 Å². The lowest BCUT2D eigenvalue weighted by Crippen LogP contribution is -2.31. The van der Waals surface area contributed by atoms with Gasteiger partial charge in [-0.1, -0.05) is 12.1 Å². The number of hydrogen-bond donors (Lipinski definition) is 2. The predicted molar refractivity (Wildman–Crippen MR) is 75.4 cm³/mol. The molecule has 0 aromatic heterocycles. The van der Waals surface area contributed by atoms with Crippen molar-refractivity contribution in [3.63, 3.8) is 0 Å². The molecule has 1 fully saturated rings. The smallest absolute Gasteiger partial charge is 0.290 e. The first-order valence-electron chi connectivity index (χ1n) is 6.81. The van der Waals surface area contributed by atoms with E-state index in [1.807, 2.05) is 13.1 Å². The summed E-state index contributed by atoms with van der Waals surface area (Å²) in [5, 5.41) is 9.87. The number of likely N-dealkylation sites (N-methyl/N-ethyl adjacent to an activating group) is 1. The third-order valence-corrected chi connectivity index (χ3v) is 4.13. The first-order valence-corrected chi connectivity index (χ1v) is 6.81. The van der Waals surface area contributed by atoms with Crippen molar-refractivity contribution in [2.24, 2.45) is 5.92 Å². The maximum Gasteiger partial charge on any atom is 0.290 e. The van der Waals surface area contributed by atoms with Gasteiger partial charge in [0.2, 0.25) is 5.91 Å². The number of hydrogen-bond acceptors (Lipinski definition) is 3. The standard InChI is InChI=1S/C14H17FN2O.CH2O2/c1-8(18)16-14-9-4-3-5-12(15)13(9)10-6-17(2)7-11(10)14;2-1-3/h3-5,10-11,14H,6-7H2,1-2H3,(H,16,18);1H,(H,2,3)/t10-,11+,14-;/m1./s1. The second-order valence-electron chi connectivity index (χ2n) is 5.52. The molecule has 1 aromatic carbocycles. The molecule has 3 rings (SSSR count). The van der Waals surface area contributed by atoms with Gasteiger partial charge in [0.15, 0.2) is 0 Å². The summed E-state index contributed by atoms with van der Waals surface area (Å²) in [7, 11) is 2.05. The Morgan fingerprint density at radius 2 is 2.14 bits per heavy atom. The number of benzene rings is 1. The van der Waals surface area contributed by atoms with Crippen LogP contribution in [0.25, 0.3) is 0 Å². The second kappa shape index (κ2) is 6.22. The van der Waals surface area contributed by atoms with Gasteiger partial charge in [0.1, 0.15) is 5.82 Å². The Morgan fingerprint density at radius 3 is 2.76 bits per heavy atom. The molecule has 3 atom stereocenters. The number of nitrogens with one attached hydrogen (secondary N) is 1. The van der Waals surface area contributed by atoms with E-state index < -0.39 is 0 Å². The number of carbonyl (C=O) groups excluding carboxylic acids is 1. The minimum atomic E-state index is -0.250. The van der Waals surface area contributed by atoms with Crippen LogP contribution in [-0.2, 0) is 9.59 Å². The molecular formula is C15H19FN2O3. The molecule has 0 saturated carbocycles. The van der Waals surface area contributed by atoms with Crippen LogP contribution in [0, 0.1) is 11.7 Å². The maximum absolute atomic E-state index is 14.0. The van der Waals surface area contributed by atoms with E-state index in [0.29, 0.717) is 5.92 Å². The molecule has 2 aliphatic rings. The molecule has 0 spiro atoms. The van der Waals surface area contributed by atoms with Gasteiger partial charge in [-0.15, -0.1) is 0 Å². The molecule has 21 heavy (non-hydrogen) atoms. The predicted octanol–water partition coefficient (Wildman–Crippen LogP) is 1.36. The summed E-state index contributed by atoms with van der Waals surface area (Å²) >= 11 is 0. The zero-order valence-corrected chi connectivity index (χ0v) is 12.0. The lowest BCUT2D eigenvalue weighted by atomic mass is 9.94. The molecule has 1 heterocycles. The molecule has 1 saturated heterocycles. The largest absolute Gasteiger partial charge is 0.483 e. The van der Waals surface area contributed by atoms with Crippen LogP contribution in [0.4, 0.5) is 4.39 Å². The quantitative estimate of drug-likeness (QED) is 0.767. The topological polar surface area (TPSA) is 69.6 Å². The highest BCUT2D eigenvalue weighted by molar-refractivity contribution is 5.74. The van der Waals surface area contributed by atoms with Crippen molar-refractivity contribution in [1.82, 2.24) is 10.2 Å². The van der Waals surface area contributed by atoms with Crippen molar-refractivity contribution in [2.45, 2.75) is 18.9 Å². The number of nitrogens with zero attached hydrogens (tertiary/aromatic N) is 1. The first-order chi connectivity index (χ1) is 9.99. The van der Waals surface area contributed by atoms with Crippen molar-refractivity contribution < 1.29 is 19.1 Å². The van der Waals surface area contributed by atoms with Crippen LogP contribution in [0.3, 0.4) is 0 Å². The minimum absolute atomic E-state index is 0.0388. The van der Waals surface area contributed by atoms with Gasteiger partial charge in [0.05, 0.1) is 6.04 Å². The molecule has 1 aromatic rings. The van der Waals surface area contributed by atoms with E-state index in [1.54, 1.807) is 6.07 Å². The van der Waals surface area contributed by atoms with Gasteiger partial charge >= 0.3 is 0 Å². The third kappa shape index (κ3) is 2.90. The van der Waals surface area contributed by atoms with Crippen molar-refractivity contribution in [2.75, 3.05) is 20.1 Å². The van der Waals surface area contributed by atoms with Gasteiger partial charge in [-0.3, -0.25) is 9.59 Å². The molecule has 1 aliphatic carbocycles. The van der Waals surface area contributed by atoms with Crippen LogP contribution in [-0.4, -0.2) is 42.5 Å². The first kappa shape index (κ1) is 15.4. The molecule has 0 unspecified atom stereocenters. The van der Waals surface area contributed by atoms with Crippen molar-refractivity contribution in [1.29, 1.82) is 0 Å². The number of rotatable bonds is 1. The van der Waals surface area contributed by atoms with E-state index >= 15 is 0 Å². The molecule has 1 aliphatic heterocycles. The fourth-order valence-electron chi connectivity index (χ4n) is 3.53. The summed E-state index contributed by atoms with van der Waals surface area (Å²) in [6.45, 7) is 3.05. The Kier molecular flexibility index (Phi) is 4.57. The van der Waals surface area contributed by atoms with Gasteiger partial charge in [0, 0.05) is 31.8 Å². The molecule has 5 nitrogen and oxygen atoms in total. The van der Waals surface area contributed by atoms with Crippen molar-refractivity contribution in [3.8, 4) is 0 Å². The zero-order chi connectivity index (χ0) is 15.6. The number of likely N-dealkylation sites (tertiary alicyclic amines) is 1. The highest BCUT2D eigenvalue weighted by Gasteiger charge is 2.46. The summed E-state index contributed by atoms with van der Waals surface area (Å²) in [5.74, 6) is 0.324. The third-order valence-electron chi connectivity index (χ3n) is 4.13. The lowest BCUT2D eigenvalue weighted by Gasteiger charge is -2.20. The summed E-state index contributed by atoms with van der Waals surface area (Å²) in [5.41, 5.74) is 1.78. The van der Waals surface area contributed by atoms with E-state index in [1.165, 1.54) is 13.0 Å². The van der Waals surface area contributed by atoms with E-state index in [2.05, 4.69) is 10.2 Å². The van der Waals surface area contributed by atoms with Crippen LogP contribution >= 0.6 is 0 Å². The normalized spacial score (nSPS) is 26.3.